The van der Waals surface area contributed by atoms with Gasteiger partial charge < -0.3 is 4.98 Å². The Morgan fingerprint density at radius 2 is 1.46 bits per heavy atom. The van der Waals surface area contributed by atoms with E-state index in [1.807, 2.05) is 24.3 Å². The van der Waals surface area contributed by atoms with E-state index >= 15 is 0 Å². The number of aromatic nitrogens is 3. The van der Waals surface area contributed by atoms with Gasteiger partial charge in [0, 0.05) is 29.1 Å². The monoisotopic (exact) mass is 346 g/mol. The van der Waals surface area contributed by atoms with E-state index in [1.54, 1.807) is 36.7 Å². The Bertz CT molecular complexity index is 1010. The summed E-state index contributed by atoms with van der Waals surface area (Å²) in [5, 5.41) is 8.96. The third kappa shape index (κ3) is 3.05. The minimum atomic E-state index is -0.290. The van der Waals surface area contributed by atoms with E-state index in [2.05, 4.69) is 15.4 Å². The van der Waals surface area contributed by atoms with Crippen LogP contribution in [0.15, 0.2) is 73.1 Å². The van der Waals surface area contributed by atoms with Crippen molar-refractivity contribution in [3.63, 3.8) is 0 Å². The molecule has 0 fully saturated rings. The number of H-pyrrole nitrogens is 1. The summed E-state index contributed by atoms with van der Waals surface area (Å²) in [6, 6.07) is 17.2. The largest absolute Gasteiger partial charge is 0.337 e. The first-order valence-corrected chi connectivity index (χ1v) is 8.01. The molecule has 0 saturated carbocycles. The second-order valence-electron chi connectivity index (χ2n) is 5.74. The van der Waals surface area contributed by atoms with Crippen molar-refractivity contribution in [1.29, 1.82) is 0 Å². The number of anilines is 1. The van der Waals surface area contributed by atoms with Gasteiger partial charge >= 0.3 is 0 Å². The van der Waals surface area contributed by atoms with Crippen LogP contribution in [0.3, 0.4) is 0 Å². The first-order valence-electron chi connectivity index (χ1n) is 8.01. The molecule has 0 aliphatic carbocycles. The van der Waals surface area contributed by atoms with Crippen LogP contribution in [0.5, 0.6) is 0 Å². The summed E-state index contributed by atoms with van der Waals surface area (Å²) in [5.74, 6) is 0.391. The van der Waals surface area contributed by atoms with Crippen molar-refractivity contribution in [2.75, 3.05) is 5.48 Å². The molecule has 0 spiro atoms. The highest BCUT2D eigenvalue weighted by Crippen LogP contribution is 2.33. The molecule has 0 unspecified atom stereocenters. The summed E-state index contributed by atoms with van der Waals surface area (Å²) in [6.45, 7) is 0. The van der Waals surface area contributed by atoms with Crippen LogP contribution in [0.25, 0.3) is 33.9 Å². The summed E-state index contributed by atoms with van der Waals surface area (Å²) in [6.07, 6.45) is 3.43. The van der Waals surface area contributed by atoms with Crippen LogP contribution in [-0.2, 0) is 0 Å². The summed E-state index contributed by atoms with van der Waals surface area (Å²) in [4.78, 5) is 12.1. The lowest BCUT2D eigenvalue weighted by atomic mass is 10.1. The van der Waals surface area contributed by atoms with Crippen molar-refractivity contribution in [3.8, 4) is 33.9 Å². The quantitative estimate of drug-likeness (QED) is 0.466. The number of nitrogens with zero attached hydrogens (tertiary/aromatic N) is 2. The Balaban J connectivity index is 1.85. The number of hydrogen-bond donors (Lipinski definition) is 3. The average molecular weight is 346 g/mol. The molecule has 0 amide bonds. The maximum absolute atomic E-state index is 13.3. The van der Waals surface area contributed by atoms with E-state index in [0.717, 1.165) is 28.1 Å². The van der Waals surface area contributed by atoms with Crippen molar-refractivity contribution < 1.29 is 9.60 Å². The van der Waals surface area contributed by atoms with Crippen LogP contribution in [0, 0.1) is 5.82 Å². The molecule has 4 rings (SSSR count). The SMILES string of the molecule is ONc1ccc(-c2nc(-c3ccc(F)cc3)c(-c3ccncc3)[nH]2)cc1. The van der Waals surface area contributed by atoms with Gasteiger partial charge in [-0.3, -0.25) is 15.7 Å². The maximum atomic E-state index is 13.3. The van der Waals surface area contributed by atoms with Gasteiger partial charge in [-0.2, -0.15) is 0 Å². The number of benzene rings is 2. The fraction of sp³-hybridized carbons (Fsp3) is 0. The maximum Gasteiger partial charge on any atom is 0.138 e. The zero-order valence-electron chi connectivity index (χ0n) is 13.6. The molecule has 0 aliphatic rings. The fourth-order valence-electron chi connectivity index (χ4n) is 2.76. The molecule has 5 nitrogen and oxygen atoms in total. The van der Waals surface area contributed by atoms with E-state index in [0.29, 0.717) is 11.5 Å². The Hall–Kier alpha value is -3.51. The van der Waals surface area contributed by atoms with Gasteiger partial charge in [0.05, 0.1) is 17.1 Å². The topological polar surface area (TPSA) is 73.8 Å². The van der Waals surface area contributed by atoms with Crippen LogP contribution in [-0.4, -0.2) is 20.2 Å². The van der Waals surface area contributed by atoms with Crippen LogP contribution in [0.1, 0.15) is 0 Å². The van der Waals surface area contributed by atoms with E-state index in [4.69, 9.17) is 10.2 Å². The number of imidazole rings is 1. The molecule has 0 bridgehead atoms. The van der Waals surface area contributed by atoms with Crippen molar-refractivity contribution >= 4 is 5.69 Å². The average Bonchev–Trinajstić information content (AvgIpc) is 3.15. The summed E-state index contributed by atoms with van der Waals surface area (Å²) in [5.41, 5.74) is 6.88. The fourth-order valence-corrected chi connectivity index (χ4v) is 2.76. The molecule has 4 aromatic rings. The zero-order chi connectivity index (χ0) is 17.9. The number of hydrogen-bond acceptors (Lipinski definition) is 4. The van der Waals surface area contributed by atoms with Gasteiger partial charge in [-0.1, -0.05) is 0 Å². The Kier molecular flexibility index (Phi) is 4.17. The third-order valence-electron chi connectivity index (χ3n) is 4.08. The third-order valence-corrected chi connectivity index (χ3v) is 4.08. The van der Waals surface area contributed by atoms with Gasteiger partial charge in [0.15, 0.2) is 0 Å². The summed E-state index contributed by atoms with van der Waals surface area (Å²) in [7, 11) is 0. The molecule has 0 atom stereocenters. The Morgan fingerprint density at radius 3 is 2.12 bits per heavy atom. The lowest BCUT2D eigenvalue weighted by molar-refractivity contribution is 0.389. The highest BCUT2D eigenvalue weighted by Gasteiger charge is 2.15. The highest BCUT2D eigenvalue weighted by atomic mass is 19.1. The standard InChI is InChI=1S/C20H15FN4O/c21-16-5-1-13(2-6-16)18-19(14-9-11-22-12-10-14)24-20(23-18)15-3-7-17(25-26)8-4-15/h1-12,25-26H,(H,23,24). The number of halogens is 1. The van der Waals surface area contributed by atoms with Crippen molar-refractivity contribution in [3.05, 3.63) is 78.9 Å². The van der Waals surface area contributed by atoms with Crippen LogP contribution >= 0.6 is 0 Å². The number of pyridine rings is 1. The molecule has 0 saturated heterocycles. The van der Waals surface area contributed by atoms with Crippen LogP contribution in [0.4, 0.5) is 10.1 Å². The Morgan fingerprint density at radius 1 is 0.808 bits per heavy atom. The normalized spacial score (nSPS) is 10.7. The molecule has 2 aromatic carbocycles. The second kappa shape index (κ2) is 6.78. The number of nitrogens with one attached hydrogen (secondary N) is 2. The molecule has 3 N–H and O–H groups in total. The van der Waals surface area contributed by atoms with E-state index < -0.39 is 0 Å². The first kappa shape index (κ1) is 16.0. The van der Waals surface area contributed by atoms with E-state index in [-0.39, 0.29) is 5.82 Å². The Labute approximate surface area is 149 Å². The summed E-state index contributed by atoms with van der Waals surface area (Å²) < 4.78 is 13.3. The van der Waals surface area contributed by atoms with Gasteiger partial charge in [-0.15, -0.1) is 0 Å². The van der Waals surface area contributed by atoms with Crippen molar-refractivity contribution in [1.82, 2.24) is 15.0 Å². The van der Waals surface area contributed by atoms with Gasteiger partial charge in [-0.05, 0) is 60.7 Å². The lowest BCUT2D eigenvalue weighted by Crippen LogP contribution is -1.88. The minimum Gasteiger partial charge on any atom is -0.337 e. The van der Waals surface area contributed by atoms with Crippen LogP contribution in [0.2, 0.25) is 0 Å². The summed E-state index contributed by atoms with van der Waals surface area (Å²) >= 11 is 0. The van der Waals surface area contributed by atoms with E-state index in [1.165, 1.54) is 12.1 Å². The molecule has 2 heterocycles. The highest BCUT2D eigenvalue weighted by molar-refractivity contribution is 5.81. The zero-order valence-corrected chi connectivity index (χ0v) is 13.6. The number of aromatic amines is 1. The lowest BCUT2D eigenvalue weighted by Gasteiger charge is -2.02. The minimum absolute atomic E-state index is 0.290. The molecule has 0 aliphatic heterocycles. The first-order chi connectivity index (χ1) is 12.7. The van der Waals surface area contributed by atoms with Crippen molar-refractivity contribution in [2.45, 2.75) is 0 Å². The smallest absolute Gasteiger partial charge is 0.138 e. The van der Waals surface area contributed by atoms with Crippen LogP contribution < -0.4 is 5.48 Å². The second-order valence-corrected chi connectivity index (χ2v) is 5.74. The molecule has 0 radical (unpaired) electrons. The van der Waals surface area contributed by atoms with Gasteiger partial charge in [0.2, 0.25) is 0 Å². The van der Waals surface area contributed by atoms with Gasteiger partial charge in [0.25, 0.3) is 0 Å². The predicted octanol–water partition coefficient (Wildman–Crippen LogP) is 4.75. The molecular weight excluding hydrogens is 331 g/mol. The van der Waals surface area contributed by atoms with Crippen molar-refractivity contribution in [2.24, 2.45) is 0 Å². The molecule has 128 valence electrons. The predicted molar refractivity (Wildman–Crippen MR) is 98.1 cm³/mol. The molecule has 26 heavy (non-hydrogen) atoms. The molecule has 2 aromatic heterocycles. The van der Waals surface area contributed by atoms with Gasteiger partial charge in [0.1, 0.15) is 11.6 Å². The molecular formula is C20H15FN4O. The van der Waals surface area contributed by atoms with E-state index in [9.17, 15) is 4.39 Å². The number of rotatable bonds is 4. The molecule has 6 heteroatoms. The van der Waals surface area contributed by atoms with Gasteiger partial charge in [-0.25, -0.2) is 9.37 Å².